The molecule has 2 nitrogen and oxygen atoms in total. The fourth-order valence-electron chi connectivity index (χ4n) is 1.24. The van der Waals surface area contributed by atoms with Crippen LogP contribution in [0.15, 0.2) is 34.2 Å². The fourth-order valence-corrected chi connectivity index (χ4v) is 1.78. The standard InChI is InChI=1S/C11H10F3NOS/c1-10(2,15-7-16)8-3-5-9(6-4-8)17-11(12,13)14/h3-6H,1-2H3. The first-order chi connectivity index (χ1) is 7.74. The van der Waals surface area contributed by atoms with E-state index < -0.39 is 11.0 Å². The molecular weight excluding hydrogens is 251 g/mol. The third kappa shape index (κ3) is 4.24. The van der Waals surface area contributed by atoms with Crippen LogP contribution in [-0.2, 0) is 10.3 Å². The molecule has 0 radical (unpaired) electrons. The zero-order valence-corrected chi connectivity index (χ0v) is 10.0. The minimum absolute atomic E-state index is 0.104. The zero-order chi connectivity index (χ0) is 13.1. The molecule has 92 valence electrons. The second kappa shape index (κ2) is 4.94. The van der Waals surface area contributed by atoms with Crippen molar-refractivity contribution in [3.63, 3.8) is 0 Å². The smallest absolute Gasteiger partial charge is 0.211 e. The highest BCUT2D eigenvalue weighted by Gasteiger charge is 2.29. The molecule has 0 saturated carbocycles. The quantitative estimate of drug-likeness (QED) is 0.469. The normalized spacial score (nSPS) is 12.1. The molecule has 0 heterocycles. The van der Waals surface area contributed by atoms with E-state index in [1.807, 2.05) is 0 Å². The number of isocyanates is 1. The number of aliphatic imine (C=N–C) groups is 1. The van der Waals surface area contributed by atoms with Crippen LogP contribution in [0, 0.1) is 0 Å². The number of rotatable bonds is 3. The van der Waals surface area contributed by atoms with E-state index in [9.17, 15) is 18.0 Å². The van der Waals surface area contributed by atoms with Crippen LogP contribution in [0.25, 0.3) is 0 Å². The van der Waals surface area contributed by atoms with Gasteiger partial charge in [-0.15, -0.1) is 0 Å². The molecule has 0 N–H and O–H groups in total. The van der Waals surface area contributed by atoms with Crippen molar-refractivity contribution in [3.05, 3.63) is 29.8 Å². The van der Waals surface area contributed by atoms with Crippen LogP contribution in [0.4, 0.5) is 13.2 Å². The van der Waals surface area contributed by atoms with Gasteiger partial charge in [0.25, 0.3) is 0 Å². The van der Waals surface area contributed by atoms with Crippen molar-refractivity contribution in [2.24, 2.45) is 4.99 Å². The molecule has 0 aliphatic heterocycles. The van der Waals surface area contributed by atoms with Crippen molar-refractivity contribution >= 4 is 17.8 Å². The van der Waals surface area contributed by atoms with E-state index in [1.165, 1.54) is 30.3 Å². The van der Waals surface area contributed by atoms with Crippen molar-refractivity contribution in [3.8, 4) is 0 Å². The van der Waals surface area contributed by atoms with Gasteiger partial charge in [-0.2, -0.15) is 18.2 Å². The lowest BCUT2D eigenvalue weighted by Crippen LogP contribution is -2.13. The molecule has 0 unspecified atom stereocenters. The average Bonchev–Trinajstić information content (AvgIpc) is 2.15. The van der Waals surface area contributed by atoms with Crippen molar-refractivity contribution in [1.29, 1.82) is 0 Å². The molecular formula is C11H10F3NOS. The van der Waals surface area contributed by atoms with E-state index in [0.717, 1.165) is 0 Å². The second-order valence-electron chi connectivity index (χ2n) is 3.83. The van der Waals surface area contributed by atoms with Gasteiger partial charge in [0, 0.05) is 4.90 Å². The van der Waals surface area contributed by atoms with Crippen LogP contribution in [0.3, 0.4) is 0 Å². The van der Waals surface area contributed by atoms with Crippen molar-refractivity contribution < 1.29 is 18.0 Å². The predicted molar refractivity (Wildman–Crippen MR) is 59.5 cm³/mol. The molecule has 0 aromatic heterocycles. The number of halogens is 3. The molecule has 0 fully saturated rings. The third-order valence-corrected chi connectivity index (χ3v) is 2.86. The van der Waals surface area contributed by atoms with Gasteiger partial charge >= 0.3 is 5.51 Å². The van der Waals surface area contributed by atoms with E-state index in [4.69, 9.17) is 0 Å². The van der Waals surface area contributed by atoms with Gasteiger partial charge in [-0.05, 0) is 43.3 Å². The van der Waals surface area contributed by atoms with E-state index in [2.05, 4.69) is 4.99 Å². The van der Waals surface area contributed by atoms with Gasteiger partial charge in [-0.3, -0.25) is 0 Å². The van der Waals surface area contributed by atoms with E-state index in [1.54, 1.807) is 13.8 Å². The summed E-state index contributed by atoms with van der Waals surface area (Å²) in [6.07, 6.45) is 1.45. The topological polar surface area (TPSA) is 29.4 Å². The predicted octanol–water partition coefficient (Wildman–Crippen LogP) is 3.87. The highest BCUT2D eigenvalue weighted by Crippen LogP contribution is 2.37. The number of nitrogens with zero attached hydrogens (tertiary/aromatic N) is 1. The Labute approximate surface area is 101 Å². The number of benzene rings is 1. The molecule has 1 aromatic carbocycles. The number of thioether (sulfide) groups is 1. The minimum Gasteiger partial charge on any atom is -0.211 e. The summed E-state index contributed by atoms with van der Waals surface area (Å²) in [5.41, 5.74) is -4.41. The minimum atomic E-state index is -4.29. The molecule has 0 spiro atoms. The first-order valence-corrected chi connectivity index (χ1v) is 5.51. The van der Waals surface area contributed by atoms with Crippen LogP contribution >= 0.6 is 11.8 Å². The van der Waals surface area contributed by atoms with Crippen molar-refractivity contribution in [1.82, 2.24) is 0 Å². The molecule has 17 heavy (non-hydrogen) atoms. The lowest BCUT2D eigenvalue weighted by atomic mass is 9.95. The van der Waals surface area contributed by atoms with Gasteiger partial charge in [0.2, 0.25) is 6.08 Å². The summed E-state index contributed by atoms with van der Waals surface area (Å²) in [5, 5.41) is 0. The number of hydrogen-bond donors (Lipinski definition) is 0. The van der Waals surface area contributed by atoms with Gasteiger partial charge in [0.15, 0.2) is 0 Å². The highest BCUT2D eigenvalue weighted by atomic mass is 32.2. The van der Waals surface area contributed by atoms with Crippen LogP contribution in [-0.4, -0.2) is 11.6 Å². The molecule has 6 heteroatoms. The highest BCUT2D eigenvalue weighted by molar-refractivity contribution is 8.00. The number of hydrogen-bond acceptors (Lipinski definition) is 3. The fraction of sp³-hybridized carbons (Fsp3) is 0.364. The summed E-state index contributed by atoms with van der Waals surface area (Å²) in [6.45, 7) is 3.37. The molecule has 1 aromatic rings. The van der Waals surface area contributed by atoms with Crippen LogP contribution in [0.2, 0.25) is 0 Å². The van der Waals surface area contributed by atoms with Crippen LogP contribution < -0.4 is 0 Å². The summed E-state index contributed by atoms with van der Waals surface area (Å²) in [7, 11) is 0. The van der Waals surface area contributed by atoms with Gasteiger partial charge in [-0.1, -0.05) is 12.1 Å². The molecule has 0 aliphatic carbocycles. The summed E-state index contributed by atoms with van der Waals surface area (Å²) in [4.78, 5) is 13.9. The maximum atomic E-state index is 12.1. The van der Waals surface area contributed by atoms with Crippen molar-refractivity contribution in [2.45, 2.75) is 29.8 Å². The number of alkyl halides is 3. The lowest BCUT2D eigenvalue weighted by molar-refractivity contribution is -0.0328. The maximum absolute atomic E-state index is 12.1. The molecule has 0 saturated heterocycles. The Bertz CT molecular complexity index is 433. The zero-order valence-electron chi connectivity index (χ0n) is 9.21. The Kier molecular flexibility index (Phi) is 4.01. The van der Waals surface area contributed by atoms with Crippen molar-refractivity contribution in [2.75, 3.05) is 0 Å². The van der Waals surface area contributed by atoms with E-state index >= 15 is 0 Å². The molecule has 0 aliphatic rings. The molecule has 0 atom stereocenters. The van der Waals surface area contributed by atoms with Gasteiger partial charge in [0.05, 0.1) is 5.54 Å². The summed E-state index contributed by atoms with van der Waals surface area (Å²) in [5.74, 6) is 0. The monoisotopic (exact) mass is 261 g/mol. The first-order valence-electron chi connectivity index (χ1n) is 4.70. The Morgan fingerprint density at radius 1 is 1.18 bits per heavy atom. The van der Waals surface area contributed by atoms with Crippen LogP contribution in [0.1, 0.15) is 19.4 Å². The Balaban J connectivity index is 2.92. The molecule has 1 rings (SSSR count). The SMILES string of the molecule is CC(C)(N=C=O)c1ccc(SC(F)(F)F)cc1. The average molecular weight is 261 g/mol. The van der Waals surface area contributed by atoms with Crippen LogP contribution in [0.5, 0.6) is 0 Å². The summed E-state index contributed by atoms with van der Waals surface area (Å²) in [6, 6.07) is 5.76. The largest absolute Gasteiger partial charge is 0.446 e. The lowest BCUT2D eigenvalue weighted by Gasteiger charge is -2.18. The van der Waals surface area contributed by atoms with Gasteiger partial charge < -0.3 is 0 Å². The van der Waals surface area contributed by atoms with Gasteiger partial charge in [-0.25, -0.2) is 4.79 Å². The Morgan fingerprint density at radius 3 is 2.12 bits per heavy atom. The van der Waals surface area contributed by atoms with E-state index in [-0.39, 0.29) is 16.7 Å². The maximum Gasteiger partial charge on any atom is 0.446 e. The third-order valence-electron chi connectivity index (χ3n) is 2.12. The first kappa shape index (κ1) is 13.8. The molecule has 0 bridgehead atoms. The van der Waals surface area contributed by atoms with E-state index in [0.29, 0.717) is 5.56 Å². The summed E-state index contributed by atoms with van der Waals surface area (Å²) < 4.78 is 36.3. The Morgan fingerprint density at radius 2 is 1.71 bits per heavy atom. The second-order valence-corrected chi connectivity index (χ2v) is 4.97. The van der Waals surface area contributed by atoms with Gasteiger partial charge in [0.1, 0.15) is 0 Å². The number of carbonyl (C=O) groups excluding carboxylic acids is 1. The Hall–Kier alpha value is -1.26. The summed E-state index contributed by atoms with van der Waals surface area (Å²) >= 11 is -0.175. The molecule has 0 amide bonds.